The Hall–Kier alpha value is -1.40. The van der Waals surface area contributed by atoms with Crippen LogP contribution < -0.4 is 11.1 Å². The SMILES string of the molecule is CC(C)C[C@H](NC(=O)c1cc2sccc2s1)C(N)=O. The highest BCUT2D eigenvalue weighted by Gasteiger charge is 2.21. The fourth-order valence-electron chi connectivity index (χ4n) is 1.82. The third kappa shape index (κ3) is 3.33. The molecule has 19 heavy (non-hydrogen) atoms. The maximum Gasteiger partial charge on any atom is 0.262 e. The van der Waals surface area contributed by atoms with Crippen LogP contribution in [0.5, 0.6) is 0 Å². The van der Waals surface area contributed by atoms with Crippen molar-refractivity contribution in [2.24, 2.45) is 11.7 Å². The number of rotatable bonds is 5. The summed E-state index contributed by atoms with van der Waals surface area (Å²) in [6.07, 6.45) is 0.556. The van der Waals surface area contributed by atoms with E-state index >= 15 is 0 Å². The summed E-state index contributed by atoms with van der Waals surface area (Å²) in [6.45, 7) is 3.98. The molecule has 102 valence electrons. The summed E-state index contributed by atoms with van der Waals surface area (Å²) in [6, 6.07) is 3.24. The van der Waals surface area contributed by atoms with Gasteiger partial charge in [-0.3, -0.25) is 9.59 Å². The molecule has 0 aliphatic heterocycles. The quantitative estimate of drug-likeness (QED) is 0.890. The van der Waals surface area contributed by atoms with Crippen LogP contribution in [0.15, 0.2) is 17.5 Å². The van der Waals surface area contributed by atoms with Crippen LogP contribution in [0.25, 0.3) is 9.40 Å². The first kappa shape index (κ1) is 14.0. The molecule has 0 aromatic carbocycles. The van der Waals surface area contributed by atoms with Crippen LogP contribution in [0.4, 0.5) is 0 Å². The zero-order chi connectivity index (χ0) is 14.0. The van der Waals surface area contributed by atoms with Gasteiger partial charge in [-0.15, -0.1) is 22.7 Å². The smallest absolute Gasteiger partial charge is 0.262 e. The lowest BCUT2D eigenvalue weighted by Gasteiger charge is -2.16. The molecule has 4 nitrogen and oxygen atoms in total. The summed E-state index contributed by atoms with van der Waals surface area (Å²) >= 11 is 3.03. The molecule has 6 heteroatoms. The zero-order valence-electron chi connectivity index (χ0n) is 10.8. The lowest BCUT2D eigenvalue weighted by molar-refractivity contribution is -0.120. The molecule has 2 aromatic heterocycles. The van der Waals surface area contributed by atoms with Crippen LogP contribution >= 0.6 is 22.7 Å². The molecular weight excluding hydrogens is 280 g/mol. The predicted octanol–water partition coefficient (Wildman–Crippen LogP) is 2.59. The van der Waals surface area contributed by atoms with Gasteiger partial charge in [0, 0.05) is 9.40 Å². The van der Waals surface area contributed by atoms with Gasteiger partial charge in [-0.1, -0.05) is 13.8 Å². The van der Waals surface area contributed by atoms with E-state index in [-0.39, 0.29) is 5.91 Å². The standard InChI is InChI=1S/C13H16N2O2S2/c1-7(2)5-8(12(14)16)15-13(17)11-6-10-9(19-11)3-4-18-10/h3-4,6-8H,5H2,1-2H3,(H2,14,16)(H,15,17)/t8-/m0/s1. The monoisotopic (exact) mass is 296 g/mol. The number of nitrogens with two attached hydrogens (primary N) is 1. The van der Waals surface area contributed by atoms with Gasteiger partial charge in [0.05, 0.1) is 4.88 Å². The number of primary amides is 1. The topological polar surface area (TPSA) is 72.2 Å². The van der Waals surface area contributed by atoms with Gasteiger partial charge in [-0.25, -0.2) is 0 Å². The lowest BCUT2D eigenvalue weighted by atomic mass is 10.0. The van der Waals surface area contributed by atoms with Gasteiger partial charge in [0.25, 0.3) is 5.91 Å². The Balaban J connectivity index is 2.10. The molecule has 0 unspecified atom stereocenters. The van der Waals surface area contributed by atoms with Gasteiger partial charge in [0.15, 0.2) is 0 Å². The Morgan fingerprint density at radius 1 is 1.37 bits per heavy atom. The lowest BCUT2D eigenvalue weighted by Crippen LogP contribution is -2.45. The minimum atomic E-state index is -0.604. The average molecular weight is 296 g/mol. The molecule has 3 N–H and O–H groups in total. The van der Waals surface area contributed by atoms with Crippen molar-refractivity contribution in [3.8, 4) is 0 Å². The van der Waals surface area contributed by atoms with Crippen LogP contribution in [0.3, 0.4) is 0 Å². The number of carbonyl (C=O) groups excluding carboxylic acids is 2. The highest BCUT2D eigenvalue weighted by Crippen LogP contribution is 2.29. The van der Waals surface area contributed by atoms with Crippen molar-refractivity contribution in [3.05, 3.63) is 22.4 Å². The van der Waals surface area contributed by atoms with Gasteiger partial charge < -0.3 is 11.1 Å². The summed E-state index contributed by atoms with van der Waals surface area (Å²) < 4.78 is 2.18. The molecule has 0 radical (unpaired) electrons. The Bertz CT molecular complexity index is 572. The fourth-order valence-corrected chi connectivity index (χ4v) is 3.84. The molecule has 2 aromatic rings. The maximum atomic E-state index is 12.1. The minimum absolute atomic E-state index is 0.224. The first-order valence-electron chi connectivity index (χ1n) is 6.04. The van der Waals surface area contributed by atoms with Crippen molar-refractivity contribution < 1.29 is 9.59 Å². The third-order valence-corrected chi connectivity index (χ3v) is 4.81. The minimum Gasteiger partial charge on any atom is -0.368 e. The largest absolute Gasteiger partial charge is 0.368 e. The van der Waals surface area contributed by atoms with E-state index < -0.39 is 11.9 Å². The van der Waals surface area contributed by atoms with E-state index in [1.165, 1.54) is 11.3 Å². The van der Waals surface area contributed by atoms with E-state index in [4.69, 9.17) is 5.73 Å². The molecule has 0 fully saturated rings. The summed E-state index contributed by atoms with van der Waals surface area (Å²) in [4.78, 5) is 24.1. The predicted molar refractivity (Wildman–Crippen MR) is 79.6 cm³/mol. The molecule has 2 rings (SSSR count). The molecule has 0 spiro atoms. The van der Waals surface area contributed by atoms with E-state index in [1.807, 2.05) is 31.4 Å². The Morgan fingerprint density at radius 3 is 2.68 bits per heavy atom. The first-order chi connectivity index (χ1) is 8.97. The summed E-state index contributed by atoms with van der Waals surface area (Å²) in [5.74, 6) is -0.414. The summed E-state index contributed by atoms with van der Waals surface area (Å²) in [7, 11) is 0. The third-order valence-electron chi connectivity index (χ3n) is 2.72. The molecule has 0 aliphatic rings. The average Bonchev–Trinajstić information content (AvgIpc) is 2.86. The van der Waals surface area contributed by atoms with E-state index in [0.29, 0.717) is 17.2 Å². The second kappa shape index (κ2) is 5.71. The van der Waals surface area contributed by atoms with Gasteiger partial charge >= 0.3 is 0 Å². The number of fused-ring (bicyclic) bond motifs is 1. The maximum absolute atomic E-state index is 12.1. The summed E-state index contributed by atoms with van der Waals surface area (Å²) in [5, 5.41) is 4.71. The molecule has 0 aliphatic carbocycles. The zero-order valence-corrected chi connectivity index (χ0v) is 12.4. The van der Waals surface area contributed by atoms with Gasteiger partial charge in [0.2, 0.25) is 5.91 Å². The van der Waals surface area contributed by atoms with Crippen molar-refractivity contribution in [1.82, 2.24) is 5.32 Å². The van der Waals surface area contributed by atoms with E-state index in [9.17, 15) is 9.59 Å². The number of hydrogen-bond acceptors (Lipinski definition) is 4. The number of thiophene rings is 2. The number of carbonyl (C=O) groups is 2. The van der Waals surface area contributed by atoms with E-state index in [1.54, 1.807) is 11.3 Å². The van der Waals surface area contributed by atoms with E-state index in [2.05, 4.69) is 5.32 Å². The van der Waals surface area contributed by atoms with Gasteiger partial charge in [0.1, 0.15) is 6.04 Å². The van der Waals surface area contributed by atoms with Crippen LogP contribution in [0.2, 0.25) is 0 Å². The normalized spacial score (nSPS) is 12.8. The molecule has 2 heterocycles. The van der Waals surface area contributed by atoms with Crippen molar-refractivity contribution in [1.29, 1.82) is 0 Å². The van der Waals surface area contributed by atoms with Crippen molar-refractivity contribution in [2.45, 2.75) is 26.3 Å². The second-order valence-electron chi connectivity index (χ2n) is 4.82. The number of nitrogens with one attached hydrogen (secondary N) is 1. The van der Waals surface area contributed by atoms with Crippen LogP contribution in [-0.4, -0.2) is 17.9 Å². The molecule has 0 saturated heterocycles. The molecule has 0 saturated carbocycles. The van der Waals surface area contributed by atoms with Gasteiger partial charge in [-0.2, -0.15) is 0 Å². The fraction of sp³-hybridized carbons (Fsp3) is 0.385. The van der Waals surface area contributed by atoms with Crippen molar-refractivity contribution >= 4 is 43.9 Å². The van der Waals surface area contributed by atoms with Crippen LogP contribution in [0, 0.1) is 5.92 Å². The highest BCUT2D eigenvalue weighted by molar-refractivity contribution is 7.27. The summed E-state index contributed by atoms with van der Waals surface area (Å²) in [5.41, 5.74) is 5.32. The Kier molecular flexibility index (Phi) is 4.21. The van der Waals surface area contributed by atoms with Crippen molar-refractivity contribution in [3.63, 3.8) is 0 Å². The Morgan fingerprint density at radius 2 is 2.11 bits per heavy atom. The first-order valence-corrected chi connectivity index (χ1v) is 7.74. The van der Waals surface area contributed by atoms with Crippen LogP contribution in [0.1, 0.15) is 29.9 Å². The molecule has 2 amide bonds. The number of amides is 2. The number of hydrogen-bond donors (Lipinski definition) is 2. The Labute approximate surface area is 119 Å². The van der Waals surface area contributed by atoms with E-state index in [0.717, 1.165) is 9.40 Å². The second-order valence-corrected chi connectivity index (χ2v) is 6.85. The highest BCUT2D eigenvalue weighted by atomic mass is 32.1. The molecular formula is C13H16N2O2S2. The van der Waals surface area contributed by atoms with Crippen LogP contribution in [-0.2, 0) is 4.79 Å². The van der Waals surface area contributed by atoms with Crippen molar-refractivity contribution in [2.75, 3.05) is 0 Å². The molecule has 1 atom stereocenters. The van der Waals surface area contributed by atoms with Gasteiger partial charge in [-0.05, 0) is 29.9 Å². The molecule has 0 bridgehead atoms.